The average Bonchev–Trinajstić information content (AvgIpc) is 2.17. The lowest BCUT2D eigenvalue weighted by Crippen LogP contribution is -2.19. The van der Waals surface area contributed by atoms with Gasteiger partial charge in [0.2, 0.25) is 0 Å². The Morgan fingerprint density at radius 3 is 2.40 bits per heavy atom. The summed E-state index contributed by atoms with van der Waals surface area (Å²) in [5.41, 5.74) is 9.38. The molecule has 1 heterocycles. The maximum Gasteiger partial charge on any atom is 0.0463 e. The zero-order valence-corrected chi connectivity index (χ0v) is 10.5. The molecular weight excluding hydrogens is 184 g/mol. The van der Waals surface area contributed by atoms with Gasteiger partial charge < -0.3 is 5.73 Å². The molecule has 0 radical (unpaired) electrons. The Balaban J connectivity index is 3.12. The first kappa shape index (κ1) is 12.2. The summed E-state index contributed by atoms with van der Waals surface area (Å²) in [5.74, 6) is 0. The minimum atomic E-state index is 0.0660. The molecule has 2 nitrogen and oxygen atoms in total. The number of hydrogen-bond acceptors (Lipinski definition) is 2. The minimum absolute atomic E-state index is 0.0660. The van der Waals surface area contributed by atoms with E-state index in [1.807, 2.05) is 13.8 Å². The highest BCUT2D eigenvalue weighted by Gasteiger charge is 2.20. The van der Waals surface area contributed by atoms with Crippen molar-refractivity contribution in [2.45, 2.75) is 52.5 Å². The molecule has 0 spiro atoms. The first-order chi connectivity index (χ1) is 6.88. The summed E-state index contributed by atoms with van der Waals surface area (Å²) in [4.78, 5) is 4.66. The Bertz CT molecular complexity index is 340. The summed E-state index contributed by atoms with van der Waals surface area (Å²) in [6.07, 6.45) is 1.09. The second-order valence-corrected chi connectivity index (χ2v) is 4.90. The largest absolute Gasteiger partial charge is 0.324 e. The van der Waals surface area contributed by atoms with Gasteiger partial charge in [0, 0.05) is 22.8 Å². The molecule has 1 rings (SSSR count). The van der Waals surface area contributed by atoms with E-state index in [2.05, 4.69) is 37.9 Å². The van der Waals surface area contributed by atoms with Gasteiger partial charge in [0.15, 0.2) is 0 Å². The van der Waals surface area contributed by atoms with Crippen LogP contribution in [0.2, 0.25) is 0 Å². The van der Waals surface area contributed by atoms with E-state index in [0.717, 1.165) is 23.4 Å². The van der Waals surface area contributed by atoms with Gasteiger partial charge in [-0.05, 0) is 31.9 Å². The molecule has 0 amide bonds. The normalized spacial score (nSPS) is 14.0. The van der Waals surface area contributed by atoms with Crippen LogP contribution in [0, 0.1) is 6.92 Å². The van der Waals surface area contributed by atoms with Crippen molar-refractivity contribution in [2.24, 2.45) is 5.73 Å². The molecular formula is C13H22N2. The molecule has 15 heavy (non-hydrogen) atoms. The Kier molecular flexibility index (Phi) is 3.50. The Hall–Kier alpha value is -0.890. The summed E-state index contributed by atoms with van der Waals surface area (Å²) in [5, 5.41) is 0. The summed E-state index contributed by atoms with van der Waals surface area (Å²) in [6.45, 7) is 10.7. The van der Waals surface area contributed by atoms with Crippen molar-refractivity contribution in [3.8, 4) is 0 Å². The highest BCUT2D eigenvalue weighted by molar-refractivity contribution is 5.27. The van der Waals surface area contributed by atoms with E-state index in [1.165, 1.54) is 0 Å². The maximum atomic E-state index is 5.87. The second-order valence-electron chi connectivity index (χ2n) is 4.90. The van der Waals surface area contributed by atoms with Crippen LogP contribution in [0.1, 0.15) is 57.1 Å². The van der Waals surface area contributed by atoms with Crippen molar-refractivity contribution < 1.29 is 0 Å². The van der Waals surface area contributed by atoms with Crippen molar-refractivity contribution in [2.75, 3.05) is 0 Å². The zero-order valence-electron chi connectivity index (χ0n) is 10.5. The fraction of sp³-hybridized carbons (Fsp3) is 0.615. The van der Waals surface area contributed by atoms with E-state index in [-0.39, 0.29) is 11.5 Å². The molecule has 1 aromatic heterocycles. The standard InChI is InChI=1S/C13H22N2/c1-6-13(4,5)12-8-7-11(9(2)14)10(3)15-12/h7-9H,6,14H2,1-5H3. The van der Waals surface area contributed by atoms with Crippen molar-refractivity contribution in [3.05, 3.63) is 29.1 Å². The van der Waals surface area contributed by atoms with Crippen molar-refractivity contribution in [1.29, 1.82) is 0 Å². The van der Waals surface area contributed by atoms with Crippen LogP contribution < -0.4 is 5.73 Å². The number of aryl methyl sites for hydroxylation is 1. The van der Waals surface area contributed by atoms with E-state index < -0.39 is 0 Å². The SMILES string of the molecule is CCC(C)(C)c1ccc(C(C)N)c(C)n1. The van der Waals surface area contributed by atoms with Crippen LogP contribution >= 0.6 is 0 Å². The second kappa shape index (κ2) is 4.31. The predicted octanol–water partition coefficient (Wildman–Crippen LogP) is 3.10. The smallest absolute Gasteiger partial charge is 0.0463 e. The molecule has 0 aromatic carbocycles. The van der Waals surface area contributed by atoms with Crippen LogP contribution in [-0.4, -0.2) is 4.98 Å². The van der Waals surface area contributed by atoms with Gasteiger partial charge in [0.05, 0.1) is 0 Å². The number of nitrogens with two attached hydrogens (primary N) is 1. The molecule has 1 unspecified atom stereocenters. The third-order valence-corrected chi connectivity index (χ3v) is 3.19. The van der Waals surface area contributed by atoms with Crippen LogP contribution in [0.25, 0.3) is 0 Å². The Morgan fingerprint density at radius 2 is 2.00 bits per heavy atom. The third-order valence-electron chi connectivity index (χ3n) is 3.19. The lowest BCUT2D eigenvalue weighted by molar-refractivity contribution is 0.488. The lowest BCUT2D eigenvalue weighted by Gasteiger charge is -2.23. The number of nitrogens with zero attached hydrogens (tertiary/aromatic N) is 1. The fourth-order valence-electron chi connectivity index (χ4n) is 1.61. The van der Waals surface area contributed by atoms with Crippen molar-refractivity contribution in [3.63, 3.8) is 0 Å². The molecule has 0 aliphatic rings. The van der Waals surface area contributed by atoms with Gasteiger partial charge in [0.1, 0.15) is 0 Å². The van der Waals surface area contributed by atoms with E-state index in [4.69, 9.17) is 5.73 Å². The van der Waals surface area contributed by atoms with Gasteiger partial charge in [-0.2, -0.15) is 0 Å². The molecule has 2 heteroatoms. The molecule has 0 fully saturated rings. The molecule has 0 saturated carbocycles. The molecule has 84 valence electrons. The molecule has 0 aliphatic heterocycles. The first-order valence-corrected chi connectivity index (χ1v) is 5.62. The number of hydrogen-bond donors (Lipinski definition) is 1. The quantitative estimate of drug-likeness (QED) is 0.825. The number of aromatic nitrogens is 1. The van der Waals surface area contributed by atoms with E-state index in [9.17, 15) is 0 Å². The summed E-state index contributed by atoms with van der Waals surface area (Å²) < 4.78 is 0. The molecule has 1 aromatic rings. The highest BCUT2D eigenvalue weighted by atomic mass is 14.7. The summed E-state index contributed by atoms with van der Waals surface area (Å²) >= 11 is 0. The fourth-order valence-corrected chi connectivity index (χ4v) is 1.61. The van der Waals surface area contributed by atoms with Gasteiger partial charge in [-0.3, -0.25) is 4.98 Å². The maximum absolute atomic E-state index is 5.87. The van der Waals surface area contributed by atoms with E-state index >= 15 is 0 Å². The predicted molar refractivity (Wildman–Crippen MR) is 64.9 cm³/mol. The van der Waals surface area contributed by atoms with Gasteiger partial charge in [-0.15, -0.1) is 0 Å². The van der Waals surface area contributed by atoms with Gasteiger partial charge in [-0.25, -0.2) is 0 Å². The van der Waals surface area contributed by atoms with Crippen LogP contribution in [-0.2, 0) is 5.41 Å². The molecule has 0 saturated heterocycles. The molecule has 0 aliphatic carbocycles. The average molecular weight is 206 g/mol. The Labute approximate surface area is 92.9 Å². The lowest BCUT2D eigenvalue weighted by atomic mass is 9.85. The minimum Gasteiger partial charge on any atom is -0.324 e. The van der Waals surface area contributed by atoms with Crippen molar-refractivity contribution in [1.82, 2.24) is 4.98 Å². The number of rotatable bonds is 3. The zero-order chi connectivity index (χ0) is 11.6. The van der Waals surface area contributed by atoms with Crippen LogP contribution in [0.3, 0.4) is 0 Å². The molecule has 1 atom stereocenters. The monoisotopic (exact) mass is 206 g/mol. The summed E-state index contributed by atoms with van der Waals surface area (Å²) in [7, 11) is 0. The van der Waals surface area contributed by atoms with E-state index in [1.54, 1.807) is 0 Å². The highest BCUT2D eigenvalue weighted by Crippen LogP contribution is 2.26. The van der Waals surface area contributed by atoms with Crippen LogP contribution in [0.15, 0.2) is 12.1 Å². The van der Waals surface area contributed by atoms with Crippen LogP contribution in [0.4, 0.5) is 0 Å². The van der Waals surface area contributed by atoms with Gasteiger partial charge in [-0.1, -0.05) is 26.8 Å². The molecule has 2 N–H and O–H groups in total. The van der Waals surface area contributed by atoms with Crippen molar-refractivity contribution >= 4 is 0 Å². The Morgan fingerprint density at radius 1 is 1.40 bits per heavy atom. The molecule has 0 bridgehead atoms. The van der Waals surface area contributed by atoms with E-state index in [0.29, 0.717) is 0 Å². The van der Waals surface area contributed by atoms with Gasteiger partial charge >= 0.3 is 0 Å². The number of pyridine rings is 1. The third kappa shape index (κ3) is 2.57. The summed E-state index contributed by atoms with van der Waals surface area (Å²) in [6, 6.07) is 4.28. The topological polar surface area (TPSA) is 38.9 Å². The van der Waals surface area contributed by atoms with Gasteiger partial charge in [0.25, 0.3) is 0 Å². The van der Waals surface area contributed by atoms with Crippen LogP contribution in [0.5, 0.6) is 0 Å². The first-order valence-electron chi connectivity index (χ1n) is 5.62.